The summed E-state index contributed by atoms with van der Waals surface area (Å²) in [4.78, 5) is 37.7. The van der Waals surface area contributed by atoms with Gasteiger partial charge in [0.2, 0.25) is 6.41 Å². The number of nitrogen functional groups attached to an aromatic ring is 1. The molecule has 11 heteroatoms. The second-order valence-electron chi connectivity index (χ2n) is 7.10. The molecule has 0 saturated carbocycles. The van der Waals surface area contributed by atoms with E-state index >= 15 is 0 Å². The summed E-state index contributed by atoms with van der Waals surface area (Å²) in [5.41, 5.74) is 18.6. The Kier molecular flexibility index (Phi) is 16.5. The molecule has 8 N–H and O–H groups in total. The van der Waals surface area contributed by atoms with Gasteiger partial charge < -0.3 is 32.7 Å². The molecule has 200 valence electrons. The van der Waals surface area contributed by atoms with Crippen molar-refractivity contribution >= 4 is 41.5 Å². The Morgan fingerprint density at radius 2 is 1.68 bits per heavy atom. The monoisotopic (exact) mass is 513 g/mol. The second-order valence-corrected chi connectivity index (χ2v) is 7.10. The van der Waals surface area contributed by atoms with Crippen LogP contribution in [0.5, 0.6) is 0 Å². The molecule has 2 aromatic rings. The van der Waals surface area contributed by atoms with Gasteiger partial charge in [-0.25, -0.2) is 4.39 Å². The highest BCUT2D eigenvalue weighted by Crippen LogP contribution is 2.23. The topological polar surface area (TPSA) is 169 Å². The molecule has 10 nitrogen and oxygen atoms in total. The molecule has 0 bridgehead atoms. The number of halogens is 1. The van der Waals surface area contributed by atoms with E-state index in [0.717, 1.165) is 11.1 Å². The third-order valence-electron chi connectivity index (χ3n) is 4.70. The molecule has 37 heavy (non-hydrogen) atoms. The number of nitrogens with zero attached hydrogens (tertiary/aromatic N) is 2. The molecular formula is C26H36FN7O3. The molecule has 3 rings (SSSR count). The summed E-state index contributed by atoms with van der Waals surface area (Å²) in [5, 5.41) is 5.07. The van der Waals surface area contributed by atoms with Crippen LogP contribution in [0.1, 0.15) is 22.3 Å². The van der Waals surface area contributed by atoms with Crippen molar-refractivity contribution in [3.8, 4) is 0 Å². The predicted octanol–water partition coefficient (Wildman–Crippen LogP) is 2.16. The molecule has 0 unspecified atom stereocenters. The Morgan fingerprint density at radius 1 is 1.11 bits per heavy atom. The number of nitrogens with one attached hydrogen (secondary N) is 2. The minimum Gasteiger partial charge on any atom is -0.399 e. The third-order valence-corrected chi connectivity index (χ3v) is 4.70. The van der Waals surface area contributed by atoms with Crippen LogP contribution in [0.15, 0.2) is 72.0 Å². The van der Waals surface area contributed by atoms with Crippen LogP contribution in [-0.2, 0) is 9.59 Å². The van der Waals surface area contributed by atoms with Gasteiger partial charge in [-0.1, -0.05) is 24.8 Å². The van der Waals surface area contributed by atoms with Gasteiger partial charge in [0, 0.05) is 44.1 Å². The first kappa shape index (κ1) is 32.5. The van der Waals surface area contributed by atoms with E-state index in [1.54, 1.807) is 50.5 Å². The van der Waals surface area contributed by atoms with Gasteiger partial charge in [0.1, 0.15) is 0 Å². The number of rotatable bonds is 5. The zero-order valence-electron chi connectivity index (χ0n) is 21.4. The average Bonchev–Trinajstić information content (AvgIpc) is 2.94. The van der Waals surface area contributed by atoms with Crippen molar-refractivity contribution < 1.29 is 18.8 Å². The maximum Gasteiger partial charge on any atom is 0.282 e. The summed E-state index contributed by atoms with van der Waals surface area (Å²) >= 11 is 0. The molecule has 0 radical (unpaired) electrons. The van der Waals surface area contributed by atoms with Gasteiger partial charge in [-0.3, -0.25) is 19.4 Å². The lowest BCUT2D eigenvalue weighted by atomic mass is 10.0. The van der Waals surface area contributed by atoms with Crippen molar-refractivity contribution in [3.05, 3.63) is 78.1 Å². The fraction of sp³-hybridized carbons (Fsp3) is 0.231. The molecule has 0 atom stereocenters. The second kappa shape index (κ2) is 18.8. The number of hydrogen-bond donors (Lipinski definition) is 5. The number of aliphatic imine (C=N–C) groups is 1. The Morgan fingerprint density at radius 3 is 2.14 bits per heavy atom. The lowest BCUT2D eigenvalue weighted by Gasteiger charge is -2.27. The molecule has 0 aliphatic carbocycles. The van der Waals surface area contributed by atoms with Crippen molar-refractivity contribution in [3.63, 3.8) is 0 Å². The summed E-state index contributed by atoms with van der Waals surface area (Å²) in [6.45, 7) is 3.90. The Bertz CT molecular complexity index is 1050. The molecule has 1 aliphatic rings. The first-order valence-electron chi connectivity index (χ1n) is 11.2. The van der Waals surface area contributed by atoms with E-state index in [2.05, 4.69) is 27.9 Å². The van der Waals surface area contributed by atoms with Crippen LogP contribution in [0.25, 0.3) is 5.57 Å². The normalized spacial score (nSPS) is 11.7. The summed E-state index contributed by atoms with van der Waals surface area (Å²) in [5.74, 6) is -1.68. The molecule has 0 fully saturated rings. The fourth-order valence-corrected chi connectivity index (χ4v) is 2.93. The van der Waals surface area contributed by atoms with Crippen molar-refractivity contribution in [2.45, 2.75) is 6.42 Å². The van der Waals surface area contributed by atoms with Gasteiger partial charge >= 0.3 is 0 Å². The maximum atomic E-state index is 12.9. The zero-order valence-corrected chi connectivity index (χ0v) is 21.4. The van der Waals surface area contributed by atoms with E-state index in [4.69, 9.17) is 11.5 Å². The highest BCUT2D eigenvalue weighted by atomic mass is 19.1. The third kappa shape index (κ3) is 12.1. The number of anilines is 2. The zero-order chi connectivity index (χ0) is 28.2. The fourth-order valence-electron chi connectivity index (χ4n) is 2.93. The Hall–Kier alpha value is -4.51. The lowest BCUT2D eigenvalue weighted by Crippen LogP contribution is -2.35. The van der Waals surface area contributed by atoms with Gasteiger partial charge in [-0.05, 0) is 61.0 Å². The van der Waals surface area contributed by atoms with E-state index in [1.807, 2.05) is 18.2 Å². The van der Waals surface area contributed by atoms with Gasteiger partial charge in [0.05, 0.1) is 6.34 Å². The summed E-state index contributed by atoms with van der Waals surface area (Å²) in [7, 11) is 4.72. The lowest BCUT2D eigenvalue weighted by molar-refractivity contribution is -0.128. The maximum absolute atomic E-state index is 12.9. The molecule has 3 amide bonds. The van der Waals surface area contributed by atoms with Crippen molar-refractivity contribution in [2.75, 3.05) is 45.3 Å². The van der Waals surface area contributed by atoms with E-state index < -0.39 is 11.7 Å². The number of carbonyl (C=O) groups is 3. The van der Waals surface area contributed by atoms with Crippen LogP contribution < -0.4 is 27.8 Å². The SMILES string of the molecule is C=C(F)C(=O)N1CCC=C(c2ccc(NC=O)cc2)C1.CN.CN=CN.CNC(=O)c1ccc(N)cc1. The van der Waals surface area contributed by atoms with Crippen molar-refractivity contribution in [1.29, 1.82) is 0 Å². The number of nitrogens with two attached hydrogens (primary N) is 3. The minimum atomic E-state index is -0.934. The predicted molar refractivity (Wildman–Crippen MR) is 149 cm³/mol. The molecule has 0 aromatic heterocycles. The van der Waals surface area contributed by atoms with Crippen LogP contribution in [0, 0.1) is 0 Å². The van der Waals surface area contributed by atoms with Gasteiger partial charge in [0.25, 0.3) is 11.8 Å². The molecule has 0 spiro atoms. The van der Waals surface area contributed by atoms with E-state index in [1.165, 1.54) is 18.3 Å². The minimum absolute atomic E-state index is 0.0926. The average molecular weight is 514 g/mol. The first-order valence-corrected chi connectivity index (χ1v) is 11.2. The molecular weight excluding hydrogens is 477 g/mol. The smallest absolute Gasteiger partial charge is 0.282 e. The van der Waals surface area contributed by atoms with Gasteiger partial charge in [-0.15, -0.1) is 0 Å². The summed E-state index contributed by atoms with van der Waals surface area (Å²) < 4.78 is 12.9. The highest BCUT2D eigenvalue weighted by molar-refractivity contribution is 5.94. The van der Waals surface area contributed by atoms with Gasteiger partial charge in [-0.2, -0.15) is 0 Å². The molecule has 1 aliphatic heterocycles. The summed E-state index contributed by atoms with van der Waals surface area (Å²) in [6.07, 6.45) is 4.58. The van der Waals surface area contributed by atoms with Crippen molar-refractivity contribution in [2.24, 2.45) is 16.5 Å². The first-order chi connectivity index (χ1) is 17.8. The number of benzene rings is 2. The Labute approximate surface area is 217 Å². The van der Waals surface area contributed by atoms with E-state index in [-0.39, 0.29) is 5.91 Å². The van der Waals surface area contributed by atoms with Crippen LogP contribution in [0.4, 0.5) is 15.8 Å². The van der Waals surface area contributed by atoms with Crippen LogP contribution in [0.2, 0.25) is 0 Å². The summed E-state index contributed by atoms with van der Waals surface area (Å²) in [6, 6.07) is 14.0. The van der Waals surface area contributed by atoms with Crippen LogP contribution in [-0.4, -0.2) is 63.7 Å². The highest BCUT2D eigenvalue weighted by Gasteiger charge is 2.21. The number of carbonyl (C=O) groups excluding carboxylic acids is 3. The van der Waals surface area contributed by atoms with Gasteiger partial charge in [0.15, 0.2) is 5.83 Å². The van der Waals surface area contributed by atoms with E-state index in [9.17, 15) is 18.8 Å². The molecule has 0 saturated heterocycles. The van der Waals surface area contributed by atoms with Crippen LogP contribution >= 0.6 is 0 Å². The number of hydrogen-bond acceptors (Lipinski definition) is 6. The van der Waals surface area contributed by atoms with Crippen LogP contribution in [0.3, 0.4) is 0 Å². The van der Waals surface area contributed by atoms with E-state index in [0.29, 0.717) is 42.9 Å². The standard InChI is InChI=1S/C15H15FN2O2.C8H10N2O.C2H6N2.CH5N/c1-11(16)15(20)18-8-2-3-13(9-18)12-4-6-14(7-5-12)17-10-19;1-10-8(11)6-2-4-7(9)5-3-6;1-4-2-3;1-2/h3-7,10H,1-2,8-9H2,(H,17,19);2-5H,9H2,1H3,(H,10,11);2H,1H3,(H2,3,4);2H2,1H3. The molecule has 2 aromatic carbocycles. The Balaban J connectivity index is 0.000000640. The number of amides is 3. The molecule has 1 heterocycles. The largest absolute Gasteiger partial charge is 0.399 e. The quantitative estimate of drug-likeness (QED) is 0.135. The van der Waals surface area contributed by atoms with Crippen molar-refractivity contribution in [1.82, 2.24) is 10.2 Å².